The number of pyridine rings is 1. The topological polar surface area (TPSA) is 35.1 Å². The van der Waals surface area contributed by atoms with E-state index in [0.717, 1.165) is 22.6 Å². The number of aromatic nitrogens is 2. The average molecular weight is 394 g/mol. The molecular weight excluding hydrogens is 378 g/mol. The Morgan fingerprint density at radius 1 is 1.35 bits per heavy atom. The first-order valence-electron chi connectivity index (χ1n) is 8.14. The van der Waals surface area contributed by atoms with E-state index in [0.29, 0.717) is 20.9 Å². The van der Waals surface area contributed by atoms with Crippen LogP contribution in [0.3, 0.4) is 0 Å². The van der Waals surface area contributed by atoms with E-state index < -0.39 is 11.8 Å². The lowest BCUT2D eigenvalue weighted by Gasteiger charge is -2.07. The van der Waals surface area contributed by atoms with Crippen LogP contribution < -0.4 is 4.57 Å². The van der Waals surface area contributed by atoms with Crippen molar-refractivity contribution in [3.8, 4) is 11.3 Å². The van der Waals surface area contributed by atoms with Gasteiger partial charge in [0.15, 0.2) is 0 Å². The van der Waals surface area contributed by atoms with E-state index in [2.05, 4.69) is 11.5 Å². The first-order valence-corrected chi connectivity index (χ1v) is 8.89. The summed E-state index contributed by atoms with van der Waals surface area (Å²) in [6, 6.07) is 6.93. The molecule has 0 bridgehead atoms. The number of methoxy groups -OCH3 is 1. The highest BCUT2D eigenvalue weighted by Crippen LogP contribution is 2.41. The van der Waals surface area contributed by atoms with Crippen LogP contribution in [0.4, 0.5) is 4.39 Å². The molecule has 1 aliphatic rings. The lowest BCUT2D eigenvalue weighted by atomic mass is 10.1. The first kappa shape index (κ1) is 17.3. The monoisotopic (exact) mass is 393 g/mol. The van der Waals surface area contributed by atoms with E-state index in [1.165, 1.54) is 13.2 Å². The van der Waals surface area contributed by atoms with Crippen molar-refractivity contribution in [1.29, 1.82) is 0 Å². The number of ether oxygens (including phenoxy) is 1. The zero-order valence-corrected chi connectivity index (χ0v) is 16.0. The van der Waals surface area contributed by atoms with Gasteiger partial charge in [0.1, 0.15) is 17.4 Å². The smallest absolute Gasteiger partial charge is 0.325 e. The summed E-state index contributed by atoms with van der Waals surface area (Å²) >= 11 is 12.4. The summed E-state index contributed by atoms with van der Waals surface area (Å²) in [5.74, 6) is -0.919. The fourth-order valence-electron chi connectivity index (χ4n) is 3.71. The molecule has 3 aromatic rings. The summed E-state index contributed by atoms with van der Waals surface area (Å²) in [7, 11) is 1.31. The molecule has 0 N–H and O–H groups in total. The molecular formula is C19H16Cl2FN2O2+. The maximum atomic E-state index is 14.7. The minimum absolute atomic E-state index is 0.0760. The number of fused-ring (bicyclic) bond motifs is 2. The van der Waals surface area contributed by atoms with Crippen LogP contribution in [-0.4, -0.2) is 17.6 Å². The Balaban J connectivity index is 2.05. The fourth-order valence-corrected chi connectivity index (χ4v) is 4.23. The third kappa shape index (κ3) is 2.42. The molecule has 2 aromatic heterocycles. The van der Waals surface area contributed by atoms with E-state index in [1.54, 1.807) is 10.6 Å². The van der Waals surface area contributed by atoms with Crippen LogP contribution in [-0.2, 0) is 16.1 Å². The lowest BCUT2D eigenvalue weighted by Crippen LogP contribution is -2.18. The third-order valence-corrected chi connectivity index (χ3v) is 5.51. The van der Waals surface area contributed by atoms with E-state index in [9.17, 15) is 9.18 Å². The molecule has 0 saturated heterocycles. The van der Waals surface area contributed by atoms with Crippen LogP contribution in [0.2, 0.25) is 10.0 Å². The number of hydrogen-bond acceptors (Lipinski definition) is 2. The molecule has 3 heterocycles. The summed E-state index contributed by atoms with van der Waals surface area (Å²) < 4.78 is 23.3. The molecule has 4 rings (SSSR count). The van der Waals surface area contributed by atoms with Crippen molar-refractivity contribution >= 4 is 40.1 Å². The van der Waals surface area contributed by atoms with Crippen LogP contribution >= 0.6 is 23.2 Å². The second kappa shape index (κ2) is 5.96. The van der Waals surface area contributed by atoms with Crippen LogP contribution in [0, 0.1) is 12.7 Å². The van der Waals surface area contributed by atoms with E-state index in [-0.39, 0.29) is 12.6 Å². The van der Waals surface area contributed by atoms with Gasteiger partial charge in [0.05, 0.1) is 18.2 Å². The predicted molar refractivity (Wildman–Crippen MR) is 98.1 cm³/mol. The van der Waals surface area contributed by atoms with Crippen LogP contribution in [0.5, 0.6) is 0 Å². The van der Waals surface area contributed by atoms with Gasteiger partial charge in [0.25, 0.3) is 5.69 Å². The van der Waals surface area contributed by atoms with Crippen molar-refractivity contribution in [3.63, 3.8) is 0 Å². The summed E-state index contributed by atoms with van der Waals surface area (Å²) in [5.41, 5.74) is 3.91. The van der Waals surface area contributed by atoms with Crippen LogP contribution in [0.1, 0.15) is 24.4 Å². The van der Waals surface area contributed by atoms with E-state index in [4.69, 9.17) is 27.9 Å². The molecule has 26 heavy (non-hydrogen) atoms. The SMILES string of the molecule is COC(=O)Cn1c(C)c(-c2ccc(Cl)c3[n+]2C3C)c2cc(Cl)cc(F)c21. The summed E-state index contributed by atoms with van der Waals surface area (Å²) in [5, 5.41) is 1.67. The number of carbonyl (C=O) groups excluding carboxylic acids is 1. The van der Waals surface area contributed by atoms with Gasteiger partial charge in [-0.05, 0) is 25.1 Å². The number of halogens is 3. The molecule has 1 aliphatic heterocycles. The van der Waals surface area contributed by atoms with Gasteiger partial charge in [0, 0.05) is 29.1 Å². The third-order valence-electron chi connectivity index (χ3n) is 4.97. The normalized spacial score (nSPS) is 15.2. The first-order chi connectivity index (χ1) is 12.3. The molecule has 134 valence electrons. The summed E-state index contributed by atoms with van der Waals surface area (Å²) in [6.07, 6.45) is 0. The Labute approximate surface area is 159 Å². The molecule has 0 radical (unpaired) electrons. The second-order valence-electron chi connectivity index (χ2n) is 6.40. The van der Waals surface area contributed by atoms with Gasteiger partial charge in [-0.1, -0.05) is 23.2 Å². The number of hydrogen-bond donors (Lipinski definition) is 0. The van der Waals surface area contributed by atoms with Gasteiger partial charge in [-0.3, -0.25) is 4.79 Å². The zero-order valence-electron chi connectivity index (χ0n) is 14.4. The molecule has 1 unspecified atom stereocenters. The van der Waals surface area contributed by atoms with E-state index >= 15 is 0 Å². The van der Waals surface area contributed by atoms with Gasteiger partial charge in [-0.2, -0.15) is 4.57 Å². The number of carbonyl (C=O) groups is 1. The second-order valence-corrected chi connectivity index (χ2v) is 7.25. The van der Waals surface area contributed by atoms with Gasteiger partial charge >= 0.3 is 5.97 Å². The highest BCUT2D eigenvalue weighted by molar-refractivity contribution is 6.32. The standard InChI is InChI=1S/C19H16Cl2FN2O2/c1-9-17(15-5-4-13(21)18-10(2)24(15)18)12-6-11(20)7-14(22)19(12)23(9)8-16(25)26-3/h4-7,10H,8H2,1-3H3/q+1. The van der Waals surface area contributed by atoms with Crippen LogP contribution in [0.15, 0.2) is 24.3 Å². The number of rotatable bonds is 3. The Kier molecular flexibility index (Phi) is 3.97. The summed E-state index contributed by atoms with van der Waals surface area (Å²) in [6.45, 7) is 3.84. The van der Waals surface area contributed by atoms with Crippen molar-refractivity contribution < 1.29 is 18.5 Å². The molecule has 7 heteroatoms. The number of esters is 1. The Morgan fingerprint density at radius 2 is 2.08 bits per heavy atom. The molecule has 0 amide bonds. The quantitative estimate of drug-likeness (QED) is 0.486. The Hall–Kier alpha value is -2.11. The maximum Gasteiger partial charge on any atom is 0.325 e. The molecule has 0 saturated carbocycles. The van der Waals surface area contributed by atoms with Gasteiger partial charge < -0.3 is 9.30 Å². The molecule has 0 spiro atoms. The molecule has 0 aliphatic carbocycles. The maximum absolute atomic E-state index is 14.7. The zero-order chi connectivity index (χ0) is 18.7. The highest BCUT2D eigenvalue weighted by atomic mass is 35.5. The Morgan fingerprint density at radius 3 is 2.77 bits per heavy atom. The fraction of sp³-hybridized carbons (Fsp3) is 0.263. The van der Waals surface area contributed by atoms with Crippen molar-refractivity contribution in [1.82, 2.24) is 4.57 Å². The lowest BCUT2D eigenvalue weighted by molar-refractivity contribution is -0.577. The molecule has 4 nitrogen and oxygen atoms in total. The van der Waals surface area contributed by atoms with Gasteiger partial charge in [-0.25, -0.2) is 4.39 Å². The number of nitrogens with zero attached hydrogens (tertiary/aromatic N) is 2. The van der Waals surface area contributed by atoms with Crippen LogP contribution in [0.25, 0.3) is 22.2 Å². The number of benzene rings is 1. The summed E-state index contributed by atoms with van der Waals surface area (Å²) in [4.78, 5) is 11.9. The van der Waals surface area contributed by atoms with Gasteiger partial charge in [-0.15, -0.1) is 0 Å². The minimum atomic E-state index is -0.473. The largest absolute Gasteiger partial charge is 0.468 e. The minimum Gasteiger partial charge on any atom is -0.468 e. The van der Waals surface area contributed by atoms with Gasteiger partial charge in [0.2, 0.25) is 11.7 Å². The molecule has 0 fully saturated rings. The molecule has 1 aromatic carbocycles. The predicted octanol–water partition coefficient (Wildman–Crippen LogP) is 4.45. The van der Waals surface area contributed by atoms with Crippen molar-refractivity contribution in [2.24, 2.45) is 0 Å². The average Bonchev–Trinajstić information content (AvgIpc) is 3.19. The van der Waals surface area contributed by atoms with Crippen molar-refractivity contribution in [2.75, 3.05) is 7.11 Å². The highest BCUT2D eigenvalue weighted by Gasteiger charge is 2.47. The molecule has 1 atom stereocenters. The Bertz CT molecular complexity index is 1090. The van der Waals surface area contributed by atoms with Crippen molar-refractivity contribution in [2.45, 2.75) is 26.4 Å². The van der Waals surface area contributed by atoms with Crippen molar-refractivity contribution in [3.05, 3.63) is 51.5 Å². The van der Waals surface area contributed by atoms with E-state index in [1.807, 2.05) is 19.1 Å².